The minimum Gasteiger partial charge on any atom is -0.482 e. The van der Waals surface area contributed by atoms with E-state index in [9.17, 15) is 0 Å². The number of benzene rings is 2. The molecule has 2 nitrogen and oxygen atoms in total. The van der Waals surface area contributed by atoms with Gasteiger partial charge < -0.3 is 10.5 Å². The summed E-state index contributed by atoms with van der Waals surface area (Å²) in [6.07, 6.45) is 0.416. The summed E-state index contributed by atoms with van der Waals surface area (Å²) in [5.41, 5.74) is 7.10. The Labute approximate surface area is 139 Å². The molecule has 21 heavy (non-hydrogen) atoms. The predicted molar refractivity (Wildman–Crippen MR) is 89.5 cm³/mol. The van der Waals surface area contributed by atoms with Gasteiger partial charge in [-0.2, -0.15) is 0 Å². The highest BCUT2D eigenvalue weighted by molar-refractivity contribution is 6.42. The van der Waals surface area contributed by atoms with Crippen molar-refractivity contribution in [3.8, 4) is 5.75 Å². The maximum absolute atomic E-state index is 6.19. The lowest BCUT2D eigenvalue weighted by Gasteiger charge is -2.25. The first-order chi connectivity index (χ1) is 10.0. The molecular formula is C16H16Cl3NO. The van der Waals surface area contributed by atoms with E-state index in [2.05, 4.69) is 0 Å². The molecule has 0 bridgehead atoms. The third-order valence-corrected chi connectivity index (χ3v) is 4.24. The monoisotopic (exact) mass is 343 g/mol. The van der Waals surface area contributed by atoms with Gasteiger partial charge in [0.1, 0.15) is 16.9 Å². The van der Waals surface area contributed by atoms with Crippen LogP contribution in [0.1, 0.15) is 25.0 Å². The molecular weight excluding hydrogens is 329 g/mol. The highest BCUT2D eigenvalue weighted by Crippen LogP contribution is 2.35. The molecule has 0 radical (unpaired) electrons. The average molecular weight is 345 g/mol. The van der Waals surface area contributed by atoms with E-state index in [1.807, 2.05) is 31.2 Å². The maximum Gasteiger partial charge on any atom is 0.140 e. The Morgan fingerprint density at radius 3 is 2.48 bits per heavy atom. The van der Waals surface area contributed by atoms with E-state index in [-0.39, 0.29) is 12.1 Å². The number of hydrogen-bond acceptors (Lipinski definition) is 2. The van der Waals surface area contributed by atoms with Gasteiger partial charge in [-0.1, -0.05) is 59.9 Å². The summed E-state index contributed by atoms with van der Waals surface area (Å²) >= 11 is 18.3. The number of halogens is 3. The van der Waals surface area contributed by atoms with Crippen LogP contribution in [0.25, 0.3) is 0 Å². The van der Waals surface area contributed by atoms with Gasteiger partial charge >= 0.3 is 0 Å². The largest absolute Gasteiger partial charge is 0.482 e. The summed E-state index contributed by atoms with van der Waals surface area (Å²) < 4.78 is 6.02. The zero-order valence-electron chi connectivity index (χ0n) is 11.5. The van der Waals surface area contributed by atoms with Crippen LogP contribution in [-0.4, -0.2) is 6.04 Å². The molecule has 0 aliphatic heterocycles. The molecule has 0 saturated heterocycles. The topological polar surface area (TPSA) is 35.2 Å². The fourth-order valence-corrected chi connectivity index (χ4v) is 2.55. The molecule has 0 amide bonds. The molecule has 0 spiro atoms. The molecule has 2 rings (SSSR count). The molecule has 0 saturated carbocycles. The van der Waals surface area contributed by atoms with Gasteiger partial charge in [0.2, 0.25) is 0 Å². The minimum atomic E-state index is -0.343. The Morgan fingerprint density at radius 2 is 1.81 bits per heavy atom. The third kappa shape index (κ3) is 4.04. The summed E-state index contributed by atoms with van der Waals surface area (Å²) in [7, 11) is 0. The molecule has 5 heteroatoms. The van der Waals surface area contributed by atoms with Crippen LogP contribution >= 0.6 is 34.8 Å². The third-order valence-electron chi connectivity index (χ3n) is 3.21. The van der Waals surface area contributed by atoms with Crippen LogP contribution in [0.2, 0.25) is 15.1 Å². The quantitative estimate of drug-likeness (QED) is 0.776. The second kappa shape index (κ2) is 7.37. The highest BCUT2D eigenvalue weighted by atomic mass is 35.5. The van der Waals surface area contributed by atoms with Gasteiger partial charge in [0.15, 0.2) is 0 Å². The second-order valence-electron chi connectivity index (χ2n) is 4.72. The minimum absolute atomic E-state index is 0.182. The second-order valence-corrected chi connectivity index (χ2v) is 5.94. The normalized spacial score (nSPS) is 13.8. The lowest BCUT2D eigenvalue weighted by molar-refractivity contribution is 0.171. The molecule has 2 aromatic carbocycles. The Balaban J connectivity index is 2.35. The Kier molecular flexibility index (Phi) is 5.77. The molecule has 0 aromatic heterocycles. The van der Waals surface area contributed by atoms with E-state index in [0.29, 0.717) is 20.8 Å². The molecule has 2 atom stereocenters. The fourth-order valence-electron chi connectivity index (χ4n) is 2.01. The standard InChI is InChI=1S/C16H16Cl3NO/c1-2-13(20)16(10-5-3-6-11(17)9-10)21-14-8-4-7-12(18)15(14)19/h3-9,13,16H,2,20H2,1H3. The van der Waals surface area contributed by atoms with Crippen LogP contribution in [0.15, 0.2) is 42.5 Å². The van der Waals surface area contributed by atoms with E-state index in [1.54, 1.807) is 18.2 Å². The summed E-state index contributed by atoms with van der Waals surface area (Å²) in [6, 6.07) is 12.6. The van der Waals surface area contributed by atoms with E-state index in [1.165, 1.54) is 0 Å². The fraction of sp³-hybridized carbons (Fsp3) is 0.250. The summed E-state index contributed by atoms with van der Waals surface area (Å²) in [4.78, 5) is 0. The van der Waals surface area contributed by atoms with Crippen molar-refractivity contribution in [2.24, 2.45) is 5.73 Å². The van der Waals surface area contributed by atoms with Crippen molar-refractivity contribution < 1.29 is 4.74 Å². The Bertz CT molecular complexity index is 618. The van der Waals surface area contributed by atoms with Crippen molar-refractivity contribution in [3.63, 3.8) is 0 Å². The van der Waals surface area contributed by atoms with Crippen molar-refractivity contribution >= 4 is 34.8 Å². The van der Waals surface area contributed by atoms with E-state index < -0.39 is 0 Å². The van der Waals surface area contributed by atoms with Gasteiger partial charge in [-0.15, -0.1) is 0 Å². The van der Waals surface area contributed by atoms with Crippen molar-refractivity contribution in [1.29, 1.82) is 0 Å². The first-order valence-electron chi connectivity index (χ1n) is 6.64. The maximum atomic E-state index is 6.19. The lowest BCUT2D eigenvalue weighted by atomic mass is 10.0. The van der Waals surface area contributed by atoms with Gasteiger partial charge in [0.25, 0.3) is 0 Å². The molecule has 0 aliphatic rings. The SMILES string of the molecule is CCC(N)C(Oc1cccc(Cl)c1Cl)c1cccc(Cl)c1. The van der Waals surface area contributed by atoms with Crippen molar-refractivity contribution in [2.75, 3.05) is 0 Å². The van der Waals surface area contributed by atoms with Crippen molar-refractivity contribution in [3.05, 3.63) is 63.1 Å². The van der Waals surface area contributed by atoms with Crippen LogP contribution in [0.3, 0.4) is 0 Å². The molecule has 2 aromatic rings. The van der Waals surface area contributed by atoms with E-state index >= 15 is 0 Å². The average Bonchev–Trinajstić information content (AvgIpc) is 2.48. The van der Waals surface area contributed by atoms with Crippen LogP contribution in [-0.2, 0) is 0 Å². The summed E-state index contributed by atoms with van der Waals surface area (Å²) in [6.45, 7) is 2.01. The molecule has 2 unspecified atom stereocenters. The zero-order chi connectivity index (χ0) is 15.4. The van der Waals surface area contributed by atoms with Crippen LogP contribution in [0.5, 0.6) is 5.75 Å². The first-order valence-corrected chi connectivity index (χ1v) is 7.78. The van der Waals surface area contributed by atoms with Crippen molar-refractivity contribution in [2.45, 2.75) is 25.5 Å². The van der Waals surface area contributed by atoms with Gasteiger partial charge in [-0.3, -0.25) is 0 Å². The number of hydrogen-bond donors (Lipinski definition) is 1. The Hall–Kier alpha value is -0.930. The predicted octanol–water partition coefficient (Wildman–Crippen LogP) is 5.50. The molecule has 2 N–H and O–H groups in total. The smallest absolute Gasteiger partial charge is 0.140 e. The van der Waals surface area contributed by atoms with Gasteiger partial charge in [-0.05, 0) is 36.2 Å². The lowest BCUT2D eigenvalue weighted by Crippen LogP contribution is -2.31. The Morgan fingerprint density at radius 1 is 1.10 bits per heavy atom. The number of rotatable bonds is 5. The van der Waals surface area contributed by atoms with Crippen LogP contribution in [0, 0.1) is 0 Å². The van der Waals surface area contributed by atoms with E-state index in [4.69, 9.17) is 45.3 Å². The number of nitrogens with two attached hydrogens (primary N) is 1. The zero-order valence-corrected chi connectivity index (χ0v) is 13.8. The van der Waals surface area contributed by atoms with Gasteiger partial charge in [0, 0.05) is 11.1 Å². The number of ether oxygens (including phenoxy) is 1. The molecule has 0 fully saturated rings. The molecule has 0 heterocycles. The van der Waals surface area contributed by atoms with Crippen LogP contribution < -0.4 is 10.5 Å². The molecule has 112 valence electrons. The summed E-state index contributed by atoms with van der Waals surface area (Å²) in [5.74, 6) is 0.512. The summed E-state index contributed by atoms with van der Waals surface area (Å²) in [5, 5.41) is 1.47. The highest BCUT2D eigenvalue weighted by Gasteiger charge is 2.22. The van der Waals surface area contributed by atoms with Crippen molar-refractivity contribution in [1.82, 2.24) is 0 Å². The molecule has 0 aliphatic carbocycles. The van der Waals surface area contributed by atoms with Gasteiger partial charge in [-0.25, -0.2) is 0 Å². The first kappa shape index (κ1) is 16.4. The van der Waals surface area contributed by atoms with Crippen LogP contribution in [0.4, 0.5) is 0 Å². The van der Waals surface area contributed by atoms with E-state index in [0.717, 1.165) is 12.0 Å². The van der Waals surface area contributed by atoms with Gasteiger partial charge in [0.05, 0.1) is 5.02 Å².